The summed E-state index contributed by atoms with van der Waals surface area (Å²) in [5.74, 6) is 1.94. The molecule has 4 rings (SSSR count). The van der Waals surface area contributed by atoms with Crippen LogP contribution in [0.5, 0.6) is 0 Å². The topological polar surface area (TPSA) is 28.4 Å². The van der Waals surface area contributed by atoms with Gasteiger partial charge in [0.1, 0.15) is 11.5 Å². The van der Waals surface area contributed by atoms with Crippen LogP contribution in [0.2, 0.25) is 0 Å². The minimum Gasteiger partial charge on any atom is -0.460 e. The van der Waals surface area contributed by atoms with Crippen LogP contribution in [0.1, 0.15) is 29.7 Å². The third kappa shape index (κ3) is 4.93. The smallest absolute Gasteiger partial charge is 0.134 e. The molecule has 0 radical (unpaired) electrons. The van der Waals surface area contributed by atoms with E-state index in [2.05, 4.69) is 93.7 Å². The van der Waals surface area contributed by atoms with Crippen molar-refractivity contribution in [3.05, 3.63) is 82.0 Å². The molecule has 2 heterocycles. The van der Waals surface area contributed by atoms with Crippen LogP contribution in [-0.4, -0.2) is 24.0 Å². The number of furan rings is 1. The Morgan fingerprint density at radius 3 is 2.57 bits per heavy atom. The third-order valence-corrected chi connectivity index (χ3v) is 6.40. The fourth-order valence-electron chi connectivity index (χ4n) is 3.81. The van der Waals surface area contributed by atoms with Gasteiger partial charge in [0.05, 0.1) is 6.54 Å². The highest BCUT2D eigenvalue weighted by Crippen LogP contribution is 2.26. The van der Waals surface area contributed by atoms with Crippen LogP contribution in [0, 0.1) is 6.92 Å². The average Bonchev–Trinajstić information content (AvgIpc) is 3.19. The van der Waals surface area contributed by atoms with E-state index in [9.17, 15) is 0 Å². The molecule has 0 bridgehead atoms. The minimum atomic E-state index is 0.565. The molecular formula is C24H27BrN2O. The highest BCUT2D eigenvalue weighted by molar-refractivity contribution is 9.10. The molecule has 28 heavy (non-hydrogen) atoms. The molecular weight excluding hydrogens is 412 g/mol. The summed E-state index contributed by atoms with van der Waals surface area (Å²) >= 11 is 3.55. The number of piperidine rings is 1. The van der Waals surface area contributed by atoms with Gasteiger partial charge >= 0.3 is 0 Å². The third-order valence-electron chi connectivity index (χ3n) is 5.51. The number of nitrogens with one attached hydrogen (secondary N) is 1. The molecule has 0 amide bonds. The first kappa shape index (κ1) is 19.4. The van der Waals surface area contributed by atoms with Gasteiger partial charge in [-0.25, -0.2) is 0 Å². The van der Waals surface area contributed by atoms with Crippen molar-refractivity contribution in [1.29, 1.82) is 0 Å². The second-order valence-electron chi connectivity index (χ2n) is 7.65. The van der Waals surface area contributed by atoms with Gasteiger partial charge in [0.25, 0.3) is 0 Å². The van der Waals surface area contributed by atoms with Crippen molar-refractivity contribution in [3.8, 4) is 11.3 Å². The molecule has 1 saturated heterocycles. The van der Waals surface area contributed by atoms with Gasteiger partial charge in [-0.05, 0) is 68.2 Å². The Morgan fingerprint density at radius 1 is 1.04 bits per heavy atom. The lowest BCUT2D eigenvalue weighted by atomic mass is 10.0. The number of likely N-dealkylation sites (tertiary alicyclic amines) is 1. The zero-order valence-corrected chi connectivity index (χ0v) is 17.9. The van der Waals surface area contributed by atoms with Gasteiger partial charge in [-0.2, -0.15) is 0 Å². The van der Waals surface area contributed by atoms with Crippen molar-refractivity contribution in [2.45, 2.75) is 38.9 Å². The Labute approximate surface area is 175 Å². The maximum atomic E-state index is 6.07. The van der Waals surface area contributed by atoms with Crippen LogP contribution in [-0.2, 0) is 13.1 Å². The van der Waals surface area contributed by atoms with Crippen LogP contribution in [0.25, 0.3) is 11.3 Å². The van der Waals surface area contributed by atoms with Crippen molar-refractivity contribution >= 4 is 15.9 Å². The number of halogens is 1. The zero-order valence-electron chi connectivity index (χ0n) is 16.3. The summed E-state index contributed by atoms with van der Waals surface area (Å²) in [6.07, 6.45) is 2.37. The molecule has 1 aliphatic rings. The monoisotopic (exact) mass is 438 g/mol. The Bertz CT molecular complexity index is 898. The molecule has 0 saturated carbocycles. The first-order chi connectivity index (χ1) is 13.7. The molecule has 3 nitrogen and oxygen atoms in total. The van der Waals surface area contributed by atoms with E-state index in [4.69, 9.17) is 4.42 Å². The average molecular weight is 439 g/mol. The van der Waals surface area contributed by atoms with E-state index in [-0.39, 0.29) is 0 Å². The summed E-state index contributed by atoms with van der Waals surface area (Å²) in [7, 11) is 0. The molecule has 1 aromatic heterocycles. The standard InChI is InChI=1S/C24H27BrN2O/c1-18-15-20(7-9-23(18)25)24-10-8-22(28-24)16-26-21-11-13-27(14-12-21)17-19-5-3-2-4-6-19/h2-10,15,21,26H,11-14,16-17H2,1H3. The molecule has 3 aromatic rings. The van der Waals surface area contributed by atoms with Gasteiger partial charge in [-0.15, -0.1) is 0 Å². The van der Waals surface area contributed by atoms with Gasteiger partial charge in [0, 0.05) is 22.6 Å². The maximum Gasteiger partial charge on any atom is 0.134 e. The van der Waals surface area contributed by atoms with Crippen molar-refractivity contribution in [3.63, 3.8) is 0 Å². The number of hydrogen-bond donors (Lipinski definition) is 1. The highest BCUT2D eigenvalue weighted by atomic mass is 79.9. The fraction of sp³-hybridized carbons (Fsp3) is 0.333. The summed E-state index contributed by atoms with van der Waals surface area (Å²) in [5, 5.41) is 3.68. The van der Waals surface area contributed by atoms with E-state index in [1.165, 1.54) is 24.0 Å². The highest BCUT2D eigenvalue weighted by Gasteiger charge is 2.19. The van der Waals surface area contributed by atoms with Crippen molar-refractivity contribution < 1.29 is 4.42 Å². The van der Waals surface area contributed by atoms with E-state index in [1.807, 2.05) is 0 Å². The normalized spacial score (nSPS) is 15.8. The summed E-state index contributed by atoms with van der Waals surface area (Å²) in [6.45, 7) is 6.24. The van der Waals surface area contributed by atoms with E-state index < -0.39 is 0 Å². The number of hydrogen-bond acceptors (Lipinski definition) is 3. The SMILES string of the molecule is Cc1cc(-c2ccc(CNC3CCN(Cc4ccccc4)CC3)o2)ccc1Br. The fourth-order valence-corrected chi connectivity index (χ4v) is 4.05. The maximum absolute atomic E-state index is 6.07. The Hall–Kier alpha value is -1.88. The second kappa shape index (κ2) is 9.08. The predicted octanol–water partition coefficient (Wildman–Crippen LogP) is 5.77. The minimum absolute atomic E-state index is 0.565. The molecule has 1 aliphatic heterocycles. The van der Waals surface area contributed by atoms with E-state index in [0.29, 0.717) is 6.04 Å². The van der Waals surface area contributed by atoms with Gasteiger partial charge < -0.3 is 9.73 Å². The molecule has 4 heteroatoms. The summed E-state index contributed by atoms with van der Waals surface area (Å²) in [6, 6.07) is 21.8. The Balaban J connectivity index is 1.25. The summed E-state index contributed by atoms with van der Waals surface area (Å²) in [4.78, 5) is 2.55. The molecule has 0 unspecified atom stereocenters. The van der Waals surface area contributed by atoms with Crippen LogP contribution < -0.4 is 5.32 Å². The van der Waals surface area contributed by atoms with Crippen molar-refractivity contribution in [2.75, 3.05) is 13.1 Å². The first-order valence-electron chi connectivity index (χ1n) is 10.0. The molecule has 1 N–H and O–H groups in total. The molecule has 2 aromatic carbocycles. The summed E-state index contributed by atoms with van der Waals surface area (Å²) < 4.78 is 7.20. The molecule has 146 valence electrons. The Morgan fingerprint density at radius 2 is 1.82 bits per heavy atom. The quantitative estimate of drug-likeness (QED) is 0.529. The number of aryl methyl sites for hydroxylation is 1. The molecule has 0 spiro atoms. The lowest BCUT2D eigenvalue weighted by Crippen LogP contribution is -2.41. The van der Waals surface area contributed by atoms with Crippen molar-refractivity contribution in [2.24, 2.45) is 0 Å². The van der Waals surface area contributed by atoms with Gasteiger partial charge in [-0.3, -0.25) is 4.90 Å². The van der Waals surface area contributed by atoms with E-state index in [0.717, 1.165) is 47.7 Å². The number of rotatable bonds is 6. The summed E-state index contributed by atoms with van der Waals surface area (Å²) in [5.41, 5.74) is 3.75. The predicted molar refractivity (Wildman–Crippen MR) is 118 cm³/mol. The largest absolute Gasteiger partial charge is 0.460 e. The van der Waals surface area contributed by atoms with Crippen LogP contribution >= 0.6 is 15.9 Å². The van der Waals surface area contributed by atoms with E-state index in [1.54, 1.807) is 0 Å². The number of benzene rings is 2. The van der Waals surface area contributed by atoms with E-state index >= 15 is 0 Å². The zero-order chi connectivity index (χ0) is 19.3. The first-order valence-corrected chi connectivity index (χ1v) is 10.8. The van der Waals surface area contributed by atoms with Gasteiger partial charge in [-0.1, -0.05) is 52.3 Å². The number of nitrogens with zero attached hydrogens (tertiary/aromatic N) is 1. The molecule has 0 aliphatic carbocycles. The van der Waals surface area contributed by atoms with Crippen LogP contribution in [0.15, 0.2) is 69.6 Å². The van der Waals surface area contributed by atoms with Crippen molar-refractivity contribution in [1.82, 2.24) is 10.2 Å². The van der Waals surface area contributed by atoms with Gasteiger partial charge in [0.15, 0.2) is 0 Å². The molecule has 1 fully saturated rings. The second-order valence-corrected chi connectivity index (χ2v) is 8.50. The van der Waals surface area contributed by atoms with Crippen LogP contribution in [0.3, 0.4) is 0 Å². The Kier molecular flexibility index (Phi) is 6.30. The van der Waals surface area contributed by atoms with Crippen LogP contribution in [0.4, 0.5) is 0 Å². The lowest BCUT2D eigenvalue weighted by molar-refractivity contribution is 0.189. The van der Waals surface area contributed by atoms with Gasteiger partial charge in [0.2, 0.25) is 0 Å². The lowest BCUT2D eigenvalue weighted by Gasteiger charge is -2.32. The molecule has 0 atom stereocenters.